The summed E-state index contributed by atoms with van der Waals surface area (Å²) < 4.78 is 1.17. The molecule has 1 amide bonds. The predicted octanol–water partition coefficient (Wildman–Crippen LogP) is 1.10. The number of hydrogen-bond donors (Lipinski definition) is 0. The maximum atomic E-state index is 10.9. The van der Waals surface area contributed by atoms with Gasteiger partial charge in [0.2, 0.25) is 5.91 Å². The highest BCUT2D eigenvalue weighted by molar-refractivity contribution is 14.1. The highest BCUT2D eigenvalue weighted by Crippen LogP contribution is 2.40. The van der Waals surface area contributed by atoms with E-state index >= 15 is 0 Å². The summed E-state index contributed by atoms with van der Waals surface area (Å²) in [5, 5.41) is 1.25. The van der Waals surface area contributed by atoms with E-state index in [0.29, 0.717) is 16.5 Å². The molecule has 0 bridgehead atoms. The Morgan fingerprint density at radius 1 is 1.80 bits per heavy atom. The zero-order valence-electron chi connectivity index (χ0n) is 5.42. The summed E-state index contributed by atoms with van der Waals surface area (Å²) >= 11 is 4.35. The van der Waals surface area contributed by atoms with E-state index in [1.165, 1.54) is 4.43 Å². The average molecular weight is 269 g/mol. The van der Waals surface area contributed by atoms with Crippen LogP contribution in [0.4, 0.5) is 0 Å². The number of thioether (sulfide) groups is 1. The molecule has 0 spiro atoms. The van der Waals surface area contributed by atoms with Crippen LogP contribution in [0.5, 0.6) is 0 Å². The molecular weight excluding hydrogens is 261 g/mol. The van der Waals surface area contributed by atoms with E-state index in [-0.39, 0.29) is 0 Å². The third-order valence-electron chi connectivity index (χ3n) is 1.94. The lowest BCUT2D eigenvalue weighted by atomic mass is 10.2. The largest absolute Gasteiger partial charge is 0.329 e. The number of hydrogen-bond acceptors (Lipinski definition) is 2. The van der Waals surface area contributed by atoms with E-state index in [2.05, 4.69) is 22.6 Å². The second-order valence-corrected chi connectivity index (χ2v) is 4.98. The van der Waals surface area contributed by atoms with Crippen molar-refractivity contribution >= 4 is 40.3 Å². The van der Waals surface area contributed by atoms with E-state index in [4.69, 9.17) is 0 Å². The zero-order chi connectivity index (χ0) is 7.14. The standard InChI is InChI=1S/C6H8INOS/c7-2-4-3-8-5(9)1-6(8)10-4/h4,6H,1-3H2/t4?,6-/m0/s1. The van der Waals surface area contributed by atoms with Crippen molar-refractivity contribution < 1.29 is 4.79 Å². The molecule has 0 aromatic carbocycles. The van der Waals surface area contributed by atoms with Gasteiger partial charge in [-0.2, -0.15) is 0 Å². The number of rotatable bonds is 1. The second-order valence-electron chi connectivity index (χ2n) is 2.62. The molecule has 2 saturated heterocycles. The quantitative estimate of drug-likeness (QED) is 0.403. The van der Waals surface area contributed by atoms with Crippen molar-refractivity contribution in [2.75, 3.05) is 11.0 Å². The maximum Gasteiger partial charge on any atom is 0.226 e. The van der Waals surface area contributed by atoms with Gasteiger partial charge < -0.3 is 4.90 Å². The van der Waals surface area contributed by atoms with Crippen LogP contribution in [0, 0.1) is 0 Å². The Balaban J connectivity index is 1.99. The minimum atomic E-state index is 0.352. The van der Waals surface area contributed by atoms with Crippen LogP contribution in [0.1, 0.15) is 6.42 Å². The Hall–Kier alpha value is 0.550. The van der Waals surface area contributed by atoms with Crippen LogP contribution in [-0.4, -0.2) is 32.4 Å². The molecule has 2 rings (SSSR count). The number of β-lactam (4-membered cyclic amide) rings is 1. The highest BCUT2D eigenvalue weighted by Gasteiger charge is 2.44. The Morgan fingerprint density at radius 2 is 2.60 bits per heavy atom. The fraction of sp³-hybridized carbons (Fsp3) is 0.833. The fourth-order valence-electron chi connectivity index (χ4n) is 1.34. The monoisotopic (exact) mass is 269 g/mol. The molecule has 2 aliphatic heterocycles. The number of carbonyl (C=O) groups excluding carboxylic acids is 1. The number of halogens is 1. The lowest BCUT2D eigenvalue weighted by Gasteiger charge is -2.32. The van der Waals surface area contributed by atoms with Crippen molar-refractivity contribution in [2.45, 2.75) is 17.0 Å². The van der Waals surface area contributed by atoms with E-state index in [0.717, 1.165) is 13.0 Å². The summed E-state index contributed by atoms with van der Waals surface area (Å²) in [5.41, 5.74) is 0. The molecule has 2 aliphatic rings. The minimum absolute atomic E-state index is 0.352. The van der Waals surface area contributed by atoms with Crippen LogP contribution in [0.3, 0.4) is 0 Å². The number of fused-ring (bicyclic) bond motifs is 1. The smallest absolute Gasteiger partial charge is 0.226 e. The molecule has 4 heteroatoms. The van der Waals surface area contributed by atoms with Gasteiger partial charge in [0, 0.05) is 16.2 Å². The van der Waals surface area contributed by atoms with E-state index < -0.39 is 0 Å². The fourth-order valence-corrected chi connectivity index (χ4v) is 3.59. The van der Waals surface area contributed by atoms with Crippen LogP contribution in [0.25, 0.3) is 0 Å². The summed E-state index contributed by atoms with van der Waals surface area (Å²) in [4.78, 5) is 12.9. The van der Waals surface area contributed by atoms with Gasteiger partial charge in [-0.05, 0) is 0 Å². The van der Waals surface area contributed by atoms with Crippen molar-refractivity contribution in [3.8, 4) is 0 Å². The summed E-state index contributed by atoms with van der Waals surface area (Å²) in [6, 6.07) is 0. The number of alkyl halides is 1. The van der Waals surface area contributed by atoms with Crippen molar-refractivity contribution in [1.82, 2.24) is 4.90 Å². The van der Waals surface area contributed by atoms with E-state index in [1.807, 2.05) is 16.7 Å². The molecule has 0 aromatic rings. The molecule has 0 radical (unpaired) electrons. The van der Waals surface area contributed by atoms with Crippen LogP contribution in [0.15, 0.2) is 0 Å². The second kappa shape index (κ2) is 2.55. The molecule has 0 aromatic heterocycles. The van der Waals surface area contributed by atoms with Crippen LogP contribution in [0.2, 0.25) is 0 Å². The van der Waals surface area contributed by atoms with Gasteiger partial charge in [-0.25, -0.2) is 0 Å². The first-order chi connectivity index (χ1) is 4.81. The summed E-state index contributed by atoms with van der Waals surface area (Å²) in [7, 11) is 0. The maximum absolute atomic E-state index is 10.9. The predicted molar refractivity (Wildman–Crippen MR) is 50.4 cm³/mol. The normalized spacial score (nSPS) is 37.7. The number of nitrogens with zero attached hydrogens (tertiary/aromatic N) is 1. The molecule has 2 heterocycles. The Bertz CT molecular complexity index is 175. The van der Waals surface area contributed by atoms with Gasteiger partial charge in [-0.15, -0.1) is 11.8 Å². The van der Waals surface area contributed by atoms with Gasteiger partial charge in [0.15, 0.2) is 0 Å². The topological polar surface area (TPSA) is 20.3 Å². The molecule has 0 aliphatic carbocycles. The number of amides is 1. The Kier molecular flexibility index (Phi) is 1.84. The number of carbonyl (C=O) groups is 1. The summed E-state index contributed by atoms with van der Waals surface area (Å²) in [6.07, 6.45) is 0.789. The van der Waals surface area contributed by atoms with Gasteiger partial charge in [0.1, 0.15) is 0 Å². The first-order valence-electron chi connectivity index (χ1n) is 3.32. The molecule has 10 heavy (non-hydrogen) atoms. The third kappa shape index (κ3) is 0.958. The van der Waals surface area contributed by atoms with Crippen molar-refractivity contribution in [2.24, 2.45) is 0 Å². The molecular formula is C6H8INOS. The minimum Gasteiger partial charge on any atom is -0.329 e. The van der Waals surface area contributed by atoms with Gasteiger partial charge in [-0.3, -0.25) is 4.79 Å². The zero-order valence-corrected chi connectivity index (χ0v) is 8.39. The lowest BCUT2D eigenvalue weighted by Crippen LogP contribution is -2.47. The molecule has 1 unspecified atom stereocenters. The van der Waals surface area contributed by atoms with Crippen molar-refractivity contribution in [3.05, 3.63) is 0 Å². The van der Waals surface area contributed by atoms with Crippen molar-refractivity contribution in [1.29, 1.82) is 0 Å². The van der Waals surface area contributed by atoms with Crippen molar-refractivity contribution in [3.63, 3.8) is 0 Å². The van der Waals surface area contributed by atoms with E-state index in [9.17, 15) is 4.79 Å². The van der Waals surface area contributed by atoms with Crippen LogP contribution >= 0.6 is 34.4 Å². The van der Waals surface area contributed by atoms with Gasteiger partial charge in [0.25, 0.3) is 0 Å². The van der Waals surface area contributed by atoms with Gasteiger partial charge in [-0.1, -0.05) is 22.6 Å². The molecule has 2 atom stereocenters. The third-order valence-corrected chi connectivity index (χ3v) is 5.04. The summed E-state index contributed by atoms with van der Waals surface area (Å²) in [6.45, 7) is 0.997. The highest BCUT2D eigenvalue weighted by atomic mass is 127. The van der Waals surface area contributed by atoms with E-state index in [1.54, 1.807) is 0 Å². The first kappa shape index (κ1) is 7.21. The molecule has 0 saturated carbocycles. The van der Waals surface area contributed by atoms with Gasteiger partial charge in [0.05, 0.1) is 11.8 Å². The molecule has 2 nitrogen and oxygen atoms in total. The Labute approximate surface area is 77.9 Å². The molecule has 0 N–H and O–H groups in total. The molecule has 2 fully saturated rings. The SMILES string of the molecule is O=C1C[C@@H]2SC(CI)CN12. The van der Waals surface area contributed by atoms with Gasteiger partial charge >= 0.3 is 0 Å². The van der Waals surface area contributed by atoms with Crippen LogP contribution < -0.4 is 0 Å². The summed E-state index contributed by atoms with van der Waals surface area (Å²) in [5.74, 6) is 0.352. The lowest BCUT2D eigenvalue weighted by molar-refractivity contribution is -0.140. The molecule has 56 valence electrons. The first-order valence-corrected chi connectivity index (χ1v) is 5.79. The Morgan fingerprint density at radius 3 is 3.10 bits per heavy atom. The average Bonchev–Trinajstić information content (AvgIpc) is 2.26. The van der Waals surface area contributed by atoms with Crippen LogP contribution in [-0.2, 0) is 4.79 Å².